The first-order chi connectivity index (χ1) is 9.20. The van der Waals surface area contributed by atoms with E-state index in [4.69, 9.17) is 0 Å². The maximum absolute atomic E-state index is 13.2. The zero-order chi connectivity index (χ0) is 13.7. The van der Waals surface area contributed by atoms with E-state index in [1.54, 1.807) is 17.0 Å². The highest BCUT2D eigenvalue weighted by molar-refractivity contribution is 5.94. The van der Waals surface area contributed by atoms with Crippen LogP contribution in [0.2, 0.25) is 0 Å². The number of carbonyl (C=O) groups is 1. The zero-order valence-corrected chi connectivity index (χ0v) is 11.4. The number of hydrogen-bond acceptors (Lipinski definition) is 2. The van der Waals surface area contributed by atoms with Gasteiger partial charge >= 0.3 is 0 Å². The summed E-state index contributed by atoms with van der Waals surface area (Å²) < 4.78 is 13.2. The number of rotatable bonds is 4. The molecule has 0 saturated carbocycles. The Hall–Kier alpha value is -1.42. The highest BCUT2D eigenvalue weighted by atomic mass is 19.1. The van der Waals surface area contributed by atoms with Gasteiger partial charge in [-0.1, -0.05) is 12.5 Å². The SMILES string of the molecule is CCN(CC1CCCCN1)C(=O)c1cccc(F)c1. The van der Waals surface area contributed by atoms with Crippen LogP contribution in [0.3, 0.4) is 0 Å². The lowest BCUT2D eigenvalue weighted by Crippen LogP contribution is -2.45. The second-order valence-electron chi connectivity index (χ2n) is 5.00. The minimum Gasteiger partial charge on any atom is -0.337 e. The normalized spacial score (nSPS) is 19.2. The van der Waals surface area contributed by atoms with Gasteiger partial charge in [0, 0.05) is 24.7 Å². The minimum atomic E-state index is -0.363. The largest absolute Gasteiger partial charge is 0.337 e. The van der Waals surface area contributed by atoms with E-state index in [0.29, 0.717) is 24.7 Å². The zero-order valence-electron chi connectivity index (χ0n) is 11.4. The Morgan fingerprint density at radius 2 is 2.32 bits per heavy atom. The van der Waals surface area contributed by atoms with Gasteiger partial charge in [0.25, 0.3) is 5.91 Å². The third kappa shape index (κ3) is 3.77. The summed E-state index contributed by atoms with van der Waals surface area (Å²) in [5, 5.41) is 3.43. The van der Waals surface area contributed by atoms with Crippen LogP contribution in [-0.4, -0.2) is 36.5 Å². The number of amides is 1. The Labute approximate surface area is 113 Å². The number of piperidine rings is 1. The number of nitrogens with zero attached hydrogens (tertiary/aromatic N) is 1. The number of nitrogens with one attached hydrogen (secondary N) is 1. The molecule has 1 unspecified atom stereocenters. The number of likely N-dealkylation sites (N-methyl/N-ethyl adjacent to an activating group) is 1. The summed E-state index contributed by atoms with van der Waals surface area (Å²) in [5.41, 5.74) is 0.428. The molecule has 0 radical (unpaired) electrons. The number of carbonyl (C=O) groups excluding carboxylic acids is 1. The van der Waals surface area contributed by atoms with Gasteiger partial charge < -0.3 is 10.2 Å². The Morgan fingerprint density at radius 1 is 1.47 bits per heavy atom. The van der Waals surface area contributed by atoms with E-state index in [1.807, 2.05) is 6.92 Å². The summed E-state index contributed by atoms with van der Waals surface area (Å²) in [6, 6.07) is 6.28. The molecule has 1 atom stereocenters. The molecule has 1 amide bonds. The fourth-order valence-corrected chi connectivity index (χ4v) is 2.51. The van der Waals surface area contributed by atoms with Crippen molar-refractivity contribution in [2.45, 2.75) is 32.2 Å². The van der Waals surface area contributed by atoms with Crippen LogP contribution < -0.4 is 5.32 Å². The predicted molar refractivity (Wildman–Crippen MR) is 73.6 cm³/mol. The maximum Gasteiger partial charge on any atom is 0.254 e. The van der Waals surface area contributed by atoms with E-state index in [-0.39, 0.29) is 11.7 Å². The van der Waals surface area contributed by atoms with Crippen molar-refractivity contribution in [1.29, 1.82) is 0 Å². The van der Waals surface area contributed by atoms with Gasteiger partial charge in [-0.3, -0.25) is 4.79 Å². The minimum absolute atomic E-state index is 0.0885. The van der Waals surface area contributed by atoms with Crippen molar-refractivity contribution < 1.29 is 9.18 Å². The molecule has 0 bridgehead atoms. The average Bonchev–Trinajstić information content (AvgIpc) is 2.45. The molecule has 1 saturated heterocycles. The van der Waals surface area contributed by atoms with Crippen LogP contribution in [0, 0.1) is 5.82 Å². The predicted octanol–water partition coefficient (Wildman–Crippen LogP) is 2.43. The van der Waals surface area contributed by atoms with E-state index in [9.17, 15) is 9.18 Å². The lowest BCUT2D eigenvalue weighted by atomic mass is 10.0. The van der Waals surface area contributed by atoms with Gasteiger partial charge in [-0.15, -0.1) is 0 Å². The lowest BCUT2D eigenvalue weighted by molar-refractivity contribution is 0.0741. The summed E-state index contributed by atoms with van der Waals surface area (Å²) >= 11 is 0. The van der Waals surface area contributed by atoms with E-state index < -0.39 is 0 Å². The molecular weight excluding hydrogens is 243 g/mol. The number of hydrogen-bond donors (Lipinski definition) is 1. The summed E-state index contributed by atoms with van der Waals surface area (Å²) in [6.07, 6.45) is 3.52. The molecule has 1 aromatic carbocycles. The second-order valence-corrected chi connectivity index (χ2v) is 5.00. The molecule has 1 aromatic rings. The van der Waals surface area contributed by atoms with Crippen molar-refractivity contribution in [3.8, 4) is 0 Å². The number of halogens is 1. The van der Waals surface area contributed by atoms with Gasteiger partial charge in [-0.25, -0.2) is 4.39 Å². The summed E-state index contributed by atoms with van der Waals surface area (Å²) in [7, 11) is 0. The summed E-state index contributed by atoms with van der Waals surface area (Å²) in [5.74, 6) is -0.452. The molecule has 104 valence electrons. The van der Waals surface area contributed by atoms with E-state index in [0.717, 1.165) is 13.0 Å². The van der Waals surface area contributed by atoms with Crippen LogP contribution in [0.15, 0.2) is 24.3 Å². The summed E-state index contributed by atoms with van der Waals surface area (Å²) in [4.78, 5) is 14.1. The fraction of sp³-hybridized carbons (Fsp3) is 0.533. The Bertz CT molecular complexity index is 430. The Morgan fingerprint density at radius 3 is 2.95 bits per heavy atom. The third-order valence-corrected chi connectivity index (χ3v) is 3.59. The average molecular weight is 264 g/mol. The second kappa shape index (κ2) is 6.66. The molecule has 19 heavy (non-hydrogen) atoms. The van der Waals surface area contributed by atoms with Crippen molar-refractivity contribution >= 4 is 5.91 Å². The first-order valence-electron chi connectivity index (χ1n) is 6.99. The smallest absolute Gasteiger partial charge is 0.254 e. The molecule has 3 nitrogen and oxygen atoms in total. The van der Waals surface area contributed by atoms with Crippen LogP contribution in [0.5, 0.6) is 0 Å². The molecule has 1 aliphatic rings. The molecule has 0 aliphatic carbocycles. The molecule has 1 aliphatic heterocycles. The number of benzene rings is 1. The summed E-state index contributed by atoms with van der Waals surface area (Å²) in [6.45, 7) is 4.33. The van der Waals surface area contributed by atoms with Crippen LogP contribution in [0.4, 0.5) is 4.39 Å². The van der Waals surface area contributed by atoms with Gasteiger partial charge in [0.15, 0.2) is 0 Å². The van der Waals surface area contributed by atoms with Gasteiger partial charge in [-0.05, 0) is 44.5 Å². The monoisotopic (exact) mass is 264 g/mol. The van der Waals surface area contributed by atoms with Crippen LogP contribution in [-0.2, 0) is 0 Å². The molecule has 1 N–H and O–H groups in total. The van der Waals surface area contributed by atoms with Crippen molar-refractivity contribution in [2.75, 3.05) is 19.6 Å². The first-order valence-corrected chi connectivity index (χ1v) is 6.99. The van der Waals surface area contributed by atoms with Gasteiger partial charge in [0.05, 0.1) is 0 Å². The maximum atomic E-state index is 13.2. The molecular formula is C15H21FN2O. The standard InChI is InChI=1S/C15H21FN2O/c1-2-18(11-14-8-3-4-9-17-14)15(19)12-6-5-7-13(16)10-12/h5-7,10,14,17H,2-4,8-9,11H2,1H3. The molecule has 2 rings (SSSR count). The van der Waals surface area contributed by atoms with E-state index in [1.165, 1.54) is 25.0 Å². The lowest BCUT2D eigenvalue weighted by Gasteiger charge is -2.30. The molecule has 4 heteroatoms. The van der Waals surface area contributed by atoms with Gasteiger partial charge in [0.1, 0.15) is 5.82 Å². The first kappa shape index (κ1) is 14.0. The molecule has 1 fully saturated rings. The Balaban J connectivity index is 2.02. The Kier molecular flexibility index (Phi) is 4.91. The van der Waals surface area contributed by atoms with Gasteiger partial charge in [0.2, 0.25) is 0 Å². The van der Waals surface area contributed by atoms with Crippen molar-refractivity contribution in [3.63, 3.8) is 0 Å². The van der Waals surface area contributed by atoms with Crippen molar-refractivity contribution in [3.05, 3.63) is 35.6 Å². The fourth-order valence-electron chi connectivity index (χ4n) is 2.51. The van der Waals surface area contributed by atoms with Gasteiger partial charge in [-0.2, -0.15) is 0 Å². The van der Waals surface area contributed by atoms with Crippen LogP contribution in [0.1, 0.15) is 36.5 Å². The van der Waals surface area contributed by atoms with E-state index in [2.05, 4.69) is 5.32 Å². The molecule has 0 aromatic heterocycles. The topological polar surface area (TPSA) is 32.3 Å². The highest BCUT2D eigenvalue weighted by Crippen LogP contribution is 2.12. The van der Waals surface area contributed by atoms with E-state index >= 15 is 0 Å². The molecule has 0 spiro atoms. The quantitative estimate of drug-likeness (QED) is 0.906. The van der Waals surface area contributed by atoms with Crippen molar-refractivity contribution in [2.24, 2.45) is 0 Å². The third-order valence-electron chi connectivity index (χ3n) is 3.59. The van der Waals surface area contributed by atoms with Crippen LogP contribution >= 0.6 is 0 Å². The molecule has 1 heterocycles. The van der Waals surface area contributed by atoms with Crippen LogP contribution in [0.25, 0.3) is 0 Å². The highest BCUT2D eigenvalue weighted by Gasteiger charge is 2.20. The van der Waals surface area contributed by atoms with Crippen molar-refractivity contribution in [1.82, 2.24) is 10.2 Å².